The zero-order valence-electron chi connectivity index (χ0n) is 27.3. The maximum Gasteiger partial charge on any atom is 0.0482 e. The van der Waals surface area contributed by atoms with E-state index in [0.717, 1.165) is 28.3 Å². The molecule has 1 aliphatic carbocycles. The van der Waals surface area contributed by atoms with E-state index in [1.165, 1.54) is 71.3 Å². The molecule has 0 bridgehead atoms. The second kappa shape index (κ2) is 11.2. The van der Waals surface area contributed by atoms with Crippen LogP contribution in [0, 0.1) is 0 Å². The molecule has 0 saturated carbocycles. The van der Waals surface area contributed by atoms with Crippen LogP contribution in [-0.2, 0) is 0 Å². The molecule has 0 aliphatic heterocycles. The number of hydrogen-bond donors (Lipinski definition) is 1. The van der Waals surface area contributed by atoms with Crippen molar-refractivity contribution in [3.8, 4) is 44.5 Å². The summed E-state index contributed by atoms with van der Waals surface area (Å²) in [6.45, 7) is 0. The van der Waals surface area contributed by atoms with Crippen LogP contribution >= 0.6 is 0 Å². The van der Waals surface area contributed by atoms with Crippen LogP contribution < -0.4 is 10.6 Å². The lowest BCUT2D eigenvalue weighted by molar-refractivity contribution is 1.28. The molecule has 0 amide bonds. The van der Waals surface area contributed by atoms with Crippen molar-refractivity contribution in [2.24, 2.45) is 0 Å². The van der Waals surface area contributed by atoms with Gasteiger partial charge in [-0.2, -0.15) is 0 Å². The van der Waals surface area contributed by atoms with E-state index in [2.05, 4.69) is 175 Å². The highest BCUT2D eigenvalue weighted by Crippen LogP contribution is 2.49. The molecule has 0 unspecified atom stereocenters. The van der Waals surface area contributed by atoms with Gasteiger partial charge in [0.05, 0.1) is 0 Å². The third-order valence-electron chi connectivity index (χ3n) is 10.2. The van der Waals surface area contributed by atoms with E-state index in [1.54, 1.807) is 0 Å². The van der Waals surface area contributed by atoms with Crippen LogP contribution in [0.25, 0.3) is 76.8 Å². The van der Waals surface area contributed by atoms with Crippen molar-refractivity contribution < 1.29 is 0 Å². The summed E-state index contributed by atoms with van der Waals surface area (Å²) in [5, 5.41) is 7.64. The van der Waals surface area contributed by atoms with Gasteiger partial charge in [0.15, 0.2) is 0 Å². The highest BCUT2D eigenvalue weighted by molar-refractivity contribution is 6.16. The maximum atomic E-state index is 6.39. The predicted molar refractivity (Wildman–Crippen MR) is 213 cm³/mol. The van der Waals surface area contributed by atoms with Gasteiger partial charge in [-0.1, -0.05) is 121 Å². The summed E-state index contributed by atoms with van der Waals surface area (Å²) in [7, 11) is 0. The number of rotatable bonds is 5. The third-order valence-corrected chi connectivity index (χ3v) is 10.2. The van der Waals surface area contributed by atoms with E-state index in [4.69, 9.17) is 5.73 Å². The Labute approximate surface area is 291 Å². The molecule has 0 fully saturated rings. The van der Waals surface area contributed by atoms with Crippen molar-refractivity contribution in [3.05, 3.63) is 182 Å². The SMILES string of the molecule is Nc1cccc(N(c2cccc(-c3cc4c5c(cccc5c3)-c3ccccc3-4)c2)c2cccc(-c3ccc4ccc5ccccc5c4c3)c2)c1. The van der Waals surface area contributed by atoms with Crippen LogP contribution in [-0.4, -0.2) is 0 Å². The quantitative estimate of drug-likeness (QED) is 0.150. The van der Waals surface area contributed by atoms with Crippen molar-refractivity contribution >= 4 is 55.1 Å². The van der Waals surface area contributed by atoms with E-state index in [-0.39, 0.29) is 0 Å². The first-order valence-electron chi connectivity index (χ1n) is 17.1. The minimum atomic E-state index is 0.730. The normalized spacial score (nSPS) is 11.7. The zero-order chi connectivity index (χ0) is 33.2. The molecule has 50 heavy (non-hydrogen) atoms. The monoisotopic (exact) mass is 636 g/mol. The Morgan fingerprint density at radius 1 is 0.320 bits per heavy atom. The molecule has 234 valence electrons. The Bertz CT molecular complexity index is 2790. The molecule has 9 aromatic rings. The molecule has 0 aromatic heterocycles. The van der Waals surface area contributed by atoms with E-state index in [1.807, 2.05) is 12.1 Å². The molecular formula is C48H32N2. The lowest BCUT2D eigenvalue weighted by Crippen LogP contribution is -2.10. The highest BCUT2D eigenvalue weighted by atomic mass is 15.1. The molecule has 0 heterocycles. The van der Waals surface area contributed by atoms with Crippen LogP contribution in [0.15, 0.2) is 182 Å². The van der Waals surface area contributed by atoms with Gasteiger partial charge in [0, 0.05) is 22.7 Å². The van der Waals surface area contributed by atoms with Gasteiger partial charge < -0.3 is 10.6 Å². The van der Waals surface area contributed by atoms with Gasteiger partial charge >= 0.3 is 0 Å². The first-order valence-corrected chi connectivity index (χ1v) is 17.1. The summed E-state index contributed by atoms with van der Waals surface area (Å²) in [6, 6.07) is 65.8. The number of benzene rings is 9. The topological polar surface area (TPSA) is 29.3 Å². The minimum absolute atomic E-state index is 0.730. The predicted octanol–water partition coefficient (Wildman–Crippen LogP) is 13.2. The van der Waals surface area contributed by atoms with Crippen molar-refractivity contribution in [1.29, 1.82) is 0 Å². The van der Waals surface area contributed by atoms with Crippen molar-refractivity contribution in [3.63, 3.8) is 0 Å². The van der Waals surface area contributed by atoms with Crippen LogP contribution in [0.5, 0.6) is 0 Å². The van der Waals surface area contributed by atoms with Crippen LogP contribution in [0.1, 0.15) is 0 Å². The van der Waals surface area contributed by atoms with Crippen LogP contribution in [0.4, 0.5) is 22.7 Å². The Hall–Kier alpha value is -6.64. The number of fused-ring (bicyclic) bond motifs is 6. The van der Waals surface area contributed by atoms with Gasteiger partial charge in [-0.25, -0.2) is 0 Å². The average molecular weight is 637 g/mol. The van der Waals surface area contributed by atoms with Gasteiger partial charge in [-0.3, -0.25) is 0 Å². The fraction of sp³-hybridized carbons (Fsp3) is 0. The Morgan fingerprint density at radius 3 is 1.66 bits per heavy atom. The molecule has 2 nitrogen and oxygen atoms in total. The first kappa shape index (κ1) is 28.4. The van der Waals surface area contributed by atoms with Gasteiger partial charge in [0.2, 0.25) is 0 Å². The molecule has 10 rings (SSSR count). The van der Waals surface area contributed by atoms with Gasteiger partial charge in [-0.05, 0) is 137 Å². The molecule has 0 saturated heterocycles. The molecule has 0 atom stereocenters. The molecule has 2 heteroatoms. The molecule has 0 spiro atoms. The maximum absolute atomic E-state index is 6.39. The third kappa shape index (κ3) is 4.57. The number of anilines is 4. The number of hydrogen-bond acceptors (Lipinski definition) is 2. The standard InChI is InChI=1S/C48H32N2/c49-38-13-8-16-41(30-38)50(39-14-5-10-33(26-39)35-24-23-32-22-21-31-9-1-2-17-42(31)46(32)28-35)40-15-6-11-34(27-40)37-25-36-12-7-20-45-43-18-3-4-19-44(43)47(29-37)48(36)45/h1-30H,49H2. The molecule has 2 N–H and O–H groups in total. The summed E-state index contributed by atoms with van der Waals surface area (Å²) < 4.78 is 0. The molecule has 1 aliphatic rings. The average Bonchev–Trinajstić information content (AvgIpc) is 3.49. The lowest BCUT2D eigenvalue weighted by Gasteiger charge is -2.27. The van der Waals surface area contributed by atoms with Crippen molar-refractivity contribution in [2.75, 3.05) is 10.6 Å². The van der Waals surface area contributed by atoms with Crippen LogP contribution in [0.2, 0.25) is 0 Å². The molecular weight excluding hydrogens is 605 g/mol. The number of nitrogen functional groups attached to an aromatic ring is 1. The Kier molecular flexibility index (Phi) is 6.37. The number of nitrogens with zero attached hydrogens (tertiary/aromatic N) is 1. The largest absolute Gasteiger partial charge is 0.399 e. The summed E-state index contributed by atoms with van der Waals surface area (Å²) in [5.74, 6) is 0. The highest BCUT2D eigenvalue weighted by Gasteiger charge is 2.22. The van der Waals surface area contributed by atoms with E-state index < -0.39 is 0 Å². The summed E-state index contributed by atoms with van der Waals surface area (Å²) in [4.78, 5) is 2.31. The summed E-state index contributed by atoms with van der Waals surface area (Å²) in [5.41, 5.74) is 20.2. The lowest BCUT2D eigenvalue weighted by atomic mass is 9.95. The minimum Gasteiger partial charge on any atom is -0.399 e. The Morgan fingerprint density at radius 2 is 0.880 bits per heavy atom. The van der Waals surface area contributed by atoms with Crippen molar-refractivity contribution in [1.82, 2.24) is 0 Å². The van der Waals surface area contributed by atoms with Crippen LogP contribution in [0.3, 0.4) is 0 Å². The van der Waals surface area contributed by atoms with Gasteiger partial charge in [0.25, 0.3) is 0 Å². The molecule has 9 aromatic carbocycles. The second-order valence-corrected chi connectivity index (χ2v) is 13.2. The van der Waals surface area contributed by atoms with Crippen molar-refractivity contribution in [2.45, 2.75) is 0 Å². The first-order chi connectivity index (χ1) is 24.7. The van der Waals surface area contributed by atoms with Gasteiger partial charge in [-0.15, -0.1) is 0 Å². The van der Waals surface area contributed by atoms with E-state index in [9.17, 15) is 0 Å². The summed E-state index contributed by atoms with van der Waals surface area (Å²) >= 11 is 0. The number of nitrogens with two attached hydrogens (primary N) is 1. The van der Waals surface area contributed by atoms with E-state index in [0.29, 0.717) is 0 Å². The van der Waals surface area contributed by atoms with E-state index >= 15 is 0 Å². The second-order valence-electron chi connectivity index (χ2n) is 13.2. The smallest absolute Gasteiger partial charge is 0.0482 e. The summed E-state index contributed by atoms with van der Waals surface area (Å²) in [6.07, 6.45) is 0. The molecule has 0 radical (unpaired) electrons. The fourth-order valence-corrected chi connectivity index (χ4v) is 7.93. The fourth-order valence-electron chi connectivity index (χ4n) is 7.93. The Balaban J connectivity index is 1.11. The zero-order valence-corrected chi connectivity index (χ0v) is 27.3. The van der Waals surface area contributed by atoms with Gasteiger partial charge in [0.1, 0.15) is 0 Å².